The molecular formula is C10H8N2O3S3. The van der Waals surface area contributed by atoms with Crippen LogP contribution in [-0.2, 0) is 9.84 Å². The first kappa shape index (κ1) is 11.0. The molecule has 0 unspecified atom stereocenters. The summed E-state index contributed by atoms with van der Waals surface area (Å²) in [6, 6.07) is 1.59. The zero-order valence-corrected chi connectivity index (χ0v) is 11.5. The summed E-state index contributed by atoms with van der Waals surface area (Å²) in [5, 5.41) is 2.45. The number of fused-ring (bicyclic) bond motifs is 4. The molecule has 0 N–H and O–H groups in total. The first-order valence-corrected chi connectivity index (χ1v) is 9.00. The number of thioether (sulfide) groups is 1. The molecular weight excluding hydrogens is 292 g/mol. The third-order valence-electron chi connectivity index (χ3n) is 3.34. The lowest BCUT2D eigenvalue weighted by atomic mass is 10.2. The largest absolute Gasteiger partial charge is 0.281 e. The van der Waals surface area contributed by atoms with Crippen LogP contribution in [0.25, 0.3) is 10.2 Å². The molecule has 4 heterocycles. The molecule has 2 atom stereocenters. The van der Waals surface area contributed by atoms with Gasteiger partial charge in [-0.25, -0.2) is 13.4 Å². The van der Waals surface area contributed by atoms with Crippen molar-refractivity contribution in [2.75, 3.05) is 11.5 Å². The second-order valence-corrected chi connectivity index (χ2v) is 8.78. The third kappa shape index (κ3) is 1.36. The highest BCUT2D eigenvalue weighted by Crippen LogP contribution is 2.43. The van der Waals surface area contributed by atoms with E-state index in [1.807, 2.05) is 11.4 Å². The van der Waals surface area contributed by atoms with E-state index in [4.69, 9.17) is 0 Å². The Bertz CT molecular complexity index is 820. The van der Waals surface area contributed by atoms with Crippen LogP contribution in [0.5, 0.6) is 0 Å². The fourth-order valence-electron chi connectivity index (χ4n) is 2.57. The van der Waals surface area contributed by atoms with Crippen molar-refractivity contribution < 1.29 is 8.42 Å². The molecule has 0 spiro atoms. The molecule has 1 saturated heterocycles. The van der Waals surface area contributed by atoms with E-state index in [1.165, 1.54) is 23.1 Å². The molecule has 0 bridgehead atoms. The fourth-order valence-corrected chi connectivity index (χ4v) is 7.24. The Labute approximate surface area is 111 Å². The third-order valence-corrected chi connectivity index (χ3v) is 7.44. The number of hydrogen-bond donors (Lipinski definition) is 0. The molecule has 94 valence electrons. The van der Waals surface area contributed by atoms with Crippen LogP contribution in [-0.4, -0.2) is 34.7 Å². The Morgan fingerprint density at radius 3 is 3.06 bits per heavy atom. The van der Waals surface area contributed by atoms with Gasteiger partial charge < -0.3 is 0 Å². The molecule has 0 saturated carbocycles. The minimum absolute atomic E-state index is 0.0493. The van der Waals surface area contributed by atoms with E-state index in [1.54, 1.807) is 4.57 Å². The summed E-state index contributed by atoms with van der Waals surface area (Å²) < 4.78 is 25.5. The van der Waals surface area contributed by atoms with E-state index in [2.05, 4.69) is 4.98 Å². The molecule has 8 heteroatoms. The van der Waals surface area contributed by atoms with Gasteiger partial charge in [-0.15, -0.1) is 11.3 Å². The molecule has 2 aromatic rings. The lowest BCUT2D eigenvalue weighted by Crippen LogP contribution is -2.26. The Morgan fingerprint density at radius 2 is 2.22 bits per heavy atom. The number of sulfone groups is 1. The number of aromatic nitrogens is 2. The van der Waals surface area contributed by atoms with E-state index in [9.17, 15) is 13.2 Å². The van der Waals surface area contributed by atoms with Crippen molar-refractivity contribution in [3.63, 3.8) is 0 Å². The van der Waals surface area contributed by atoms with E-state index < -0.39 is 9.84 Å². The van der Waals surface area contributed by atoms with Gasteiger partial charge in [0.15, 0.2) is 15.0 Å². The predicted molar refractivity (Wildman–Crippen MR) is 71.2 cm³/mol. The van der Waals surface area contributed by atoms with E-state index in [0.717, 1.165) is 0 Å². The summed E-state index contributed by atoms with van der Waals surface area (Å²) in [7, 11) is -3.01. The zero-order valence-electron chi connectivity index (χ0n) is 9.07. The minimum atomic E-state index is -3.01. The second kappa shape index (κ2) is 3.37. The second-order valence-electron chi connectivity index (χ2n) is 4.51. The molecule has 0 amide bonds. The summed E-state index contributed by atoms with van der Waals surface area (Å²) in [6.45, 7) is 0. The Kier molecular flexibility index (Phi) is 2.06. The Balaban J connectivity index is 2.00. The van der Waals surface area contributed by atoms with Crippen molar-refractivity contribution in [1.29, 1.82) is 0 Å². The number of thiophene rings is 1. The van der Waals surface area contributed by atoms with Crippen LogP contribution < -0.4 is 5.56 Å². The van der Waals surface area contributed by atoms with E-state index >= 15 is 0 Å². The predicted octanol–water partition coefficient (Wildman–Crippen LogP) is 0.902. The molecule has 1 fully saturated rings. The highest BCUT2D eigenvalue weighted by Gasteiger charge is 2.46. The van der Waals surface area contributed by atoms with E-state index in [0.29, 0.717) is 15.4 Å². The van der Waals surface area contributed by atoms with Crippen molar-refractivity contribution in [2.24, 2.45) is 0 Å². The van der Waals surface area contributed by atoms with Crippen LogP contribution in [0.15, 0.2) is 21.4 Å². The minimum Gasteiger partial charge on any atom is -0.281 e. The molecule has 18 heavy (non-hydrogen) atoms. The fraction of sp³-hybridized carbons (Fsp3) is 0.400. The molecule has 5 nitrogen and oxygen atoms in total. The van der Waals surface area contributed by atoms with Crippen molar-refractivity contribution in [1.82, 2.24) is 9.55 Å². The normalized spacial score (nSPS) is 28.4. The van der Waals surface area contributed by atoms with Gasteiger partial charge in [0.2, 0.25) is 0 Å². The van der Waals surface area contributed by atoms with Crippen LogP contribution in [0.2, 0.25) is 0 Å². The molecule has 0 radical (unpaired) electrons. The molecule has 0 aromatic carbocycles. The van der Waals surface area contributed by atoms with Crippen molar-refractivity contribution >= 4 is 43.2 Å². The molecule has 2 aliphatic rings. The summed E-state index contributed by atoms with van der Waals surface area (Å²) in [4.78, 5) is 16.8. The Hall–Kier alpha value is -0.860. The number of nitrogens with zero attached hydrogens (tertiary/aromatic N) is 2. The van der Waals surface area contributed by atoms with E-state index in [-0.39, 0.29) is 28.4 Å². The van der Waals surface area contributed by atoms with Gasteiger partial charge in [-0.2, -0.15) is 0 Å². The maximum Gasteiger partial charge on any atom is 0.272 e. The summed E-state index contributed by atoms with van der Waals surface area (Å²) >= 11 is 2.78. The monoisotopic (exact) mass is 300 g/mol. The molecule has 2 aromatic heterocycles. The summed E-state index contributed by atoms with van der Waals surface area (Å²) in [5.41, 5.74) is 0.619. The topological polar surface area (TPSA) is 69.0 Å². The van der Waals surface area contributed by atoms with Crippen molar-refractivity contribution in [2.45, 2.75) is 16.4 Å². The van der Waals surface area contributed by atoms with Crippen molar-refractivity contribution in [3.8, 4) is 0 Å². The zero-order chi connectivity index (χ0) is 12.5. The maximum atomic E-state index is 12.4. The number of hydrogen-bond acceptors (Lipinski definition) is 6. The van der Waals surface area contributed by atoms with Gasteiger partial charge >= 0.3 is 0 Å². The standard InChI is InChI=1S/C10H8N2O3S3/c13-9-8-5(1-2-16-8)11-10-12(9)6-3-18(14,15)4-7(6)17-10/h1-2,6-7H,3-4H2/t6-,7+/m0/s1. The van der Waals surface area contributed by atoms with Crippen LogP contribution in [0.1, 0.15) is 6.04 Å². The molecule has 2 aliphatic heterocycles. The smallest absolute Gasteiger partial charge is 0.272 e. The lowest BCUT2D eigenvalue weighted by molar-refractivity contribution is 0.525. The average molecular weight is 300 g/mol. The molecule has 0 aliphatic carbocycles. The van der Waals surface area contributed by atoms with Gasteiger partial charge in [-0.3, -0.25) is 9.36 Å². The molecule has 4 rings (SSSR count). The first-order chi connectivity index (χ1) is 8.55. The van der Waals surface area contributed by atoms with Crippen LogP contribution in [0, 0.1) is 0 Å². The van der Waals surface area contributed by atoms with Crippen molar-refractivity contribution in [3.05, 3.63) is 21.8 Å². The Morgan fingerprint density at radius 1 is 1.39 bits per heavy atom. The highest BCUT2D eigenvalue weighted by atomic mass is 32.2. The van der Waals surface area contributed by atoms with Crippen LogP contribution in [0.4, 0.5) is 0 Å². The quantitative estimate of drug-likeness (QED) is 0.676. The van der Waals surface area contributed by atoms with Gasteiger partial charge in [-0.05, 0) is 11.4 Å². The summed E-state index contributed by atoms with van der Waals surface area (Å²) in [5.74, 6) is 0.217. The SMILES string of the molecule is O=c1c2sccc2nc2n1[C@H]1CS(=O)(=O)C[C@H]1S2. The van der Waals surface area contributed by atoms with Crippen LogP contribution in [0.3, 0.4) is 0 Å². The van der Waals surface area contributed by atoms with Gasteiger partial charge in [0.25, 0.3) is 5.56 Å². The van der Waals surface area contributed by atoms with Crippen LogP contribution >= 0.6 is 23.1 Å². The maximum absolute atomic E-state index is 12.4. The number of rotatable bonds is 0. The van der Waals surface area contributed by atoms with Gasteiger partial charge in [-0.1, -0.05) is 11.8 Å². The van der Waals surface area contributed by atoms with Gasteiger partial charge in [0.05, 0.1) is 23.1 Å². The van der Waals surface area contributed by atoms with Gasteiger partial charge in [0.1, 0.15) is 4.70 Å². The first-order valence-electron chi connectivity index (χ1n) is 5.42. The van der Waals surface area contributed by atoms with Gasteiger partial charge in [0, 0.05) is 5.25 Å². The summed E-state index contributed by atoms with van der Waals surface area (Å²) in [6.07, 6.45) is 0. The highest BCUT2D eigenvalue weighted by molar-refractivity contribution is 8.02. The average Bonchev–Trinajstić information content (AvgIpc) is 2.90. The lowest BCUT2D eigenvalue weighted by Gasteiger charge is -2.09.